The van der Waals surface area contributed by atoms with Crippen molar-refractivity contribution in [2.24, 2.45) is 0 Å². The Morgan fingerprint density at radius 1 is 0.545 bits per heavy atom. The third kappa shape index (κ3) is 35.9. The van der Waals surface area contributed by atoms with Crippen LogP contribution in [-0.2, 0) is 28.6 Å². The van der Waals surface area contributed by atoms with E-state index in [0.717, 1.165) is 77.0 Å². The van der Waals surface area contributed by atoms with Gasteiger partial charge in [-0.3, -0.25) is 9.59 Å². The van der Waals surface area contributed by atoms with Crippen molar-refractivity contribution in [3.63, 3.8) is 0 Å². The first-order valence-electron chi connectivity index (χ1n) is 21.1. The number of carbonyl (C=O) groups excluding carboxylic acids is 3. The highest BCUT2D eigenvalue weighted by atomic mass is 16.6. The molecule has 8 nitrogen and oxygen atoms in total. The Labute approximate surface area is 335 Å². The minimum atomic E-state index is -1.14. The zero-order valence-corrected chi connectivity index (χ0v) is 35.3. The molecule has 0 aromatic carbocycles. The molecule has 2 unspecified atom stereocenters. The van der Waals surface area contributed by atoms with Crippen molar-refractivity contribution >= 4 is 17.9 Å². The first-order valence-corrected chi connectivity index (χ1v) is 21.1. The number of carboxylic acids is 1. The van der Waals surface area contributed by atoms with Gasteiger partial charge >= 0.3 is 11.9 Å². The Hall–Kier alpha value is -3.49. The molecule has 0 rings (SSSR count). The normalized spacial score (nSPS) is 13.8. The number of ether oxygens (including phenoxy) is 3. The van der Waals surface area contributed by atoms with Gasteiger partial charge in [-0.15, -0.1) is 0 Å². The molecule has 0 radical (unpaired) electrons. The van der Waals surface area contributed by atoms with Crippen LogP contribution in [0.15, 0.2) is 85.1 Å². The Morgan fingerprint density at radius 2 is 0.982 bits per heavy atom. The van der Waals surface area contributed by atoms with Gasteiger partial charge < -0.3 is 28.6 Å². The molecule has 0 spiro atoms. The van der Waals surface area contributed by atoms with Crippen LogP contribution in [-0.4, -0.2) is 75.5 Å². The second-order valence-electron chi connectivity index (χ2n) is 14.8. The van der Waals surface area contributed by atoms with Gasteiger partial charge in [0.2, 0.25) is 0 Å². The Kier molecular flexibility index (Phi) is 35.1. The first-order chi connectivity index (χ1) is 26.6. The molecule has 0 bridgehead atoms. The second kappa shape index (κ2) is 37.4. The van der Waals surface area contributed by atoms with Crippen molar-refractivity contribution < 1.29 is 38.2 Å². The van der Waals surface area contributed by atoms with Crippen LogP contribution in [0.3, 0.4) is 0 Å². The second-order valence-corrected chi connectivity index (χ2v) is 14.8. The smallest absolute Gasteiger partial charge is 0.306 e. The van der Waals surface area contributed by atoms with Crippen molar-refractivity contribution in [3.8, 4) is 0 Å². The van der Waals surface area contributed by atoms with Gasteiger partial charge in [0.15, 0.2) is 6.10 Å². The lowest BCUT2D eigenvalue weighted by Crippen LogP contribution is -2.55. The summed E-state index contributed by atoms with van der Waals surface area (Å²) in [5.74, 6) is -1.84. The molecule has 0 amide bonds. The van der Waals surface area contributed by atoms with Crippen LogP contribution in [0, 0.1) is 0 Å². The number of nitrogens with zero attached hydrogens (tertiary/aromatic N) is 1. The van der Waals surface area contributed by atoms with Crippen LogP contribution in [0.2, 0.25) is 0 Å². The number of rotatable bonds is 36. The molecule has 0 aromatic heterocycles. The average molecular weight is 768 g/mol. The summed E-state index contributed by atoms with van der Waals surface area (Å²) in [7, 11) is 5.37. The molecular weight excluding hydrogens is 691 g/mol. The van der Waals surface area contributed by atoms with Crippen LogP contribution in [0.5, 0.6) is 0 Å². The van der Waals surface area contributed by atoms with Crippen molar-refractivity contribution in [3.05, 3.63) is 85.1 Å². The average Bonchev–Trinajstić information content (AvgIpc) is 3.14. The number of carboxylic acid groups (broad SMARTS) is 1. The van der Waals surface area contributed by atoms with Gasteiger partial charge in [-0.05, 0) is 77.0 Å². The van der Waals surface area contributed by atoms with E-state index < -0.39 is 18.1 Å². The molecule has 0 heterocycles. The van der Waals surface area contributed by atoms with E-state index in [1.807, 2.05) is 0 Å². The molecule has 0 saturated carbocycles. The first kappa shape index (κ1) is 51.5. The predicted molar refractivity (Wildman–Crippen MR) is 226 cm³/mol. The molecule has 2 atom stereocenters. The number of esters is 2. The number of unbranched alkanes of at least 4 members (excludes halogenated alkanes) is 8. The van der Waals surface area contributed by atoms with Crippen LogP contribution >= 0.6 is 0 Å². The van der Waals surface area contributed by atoms with E-state index in [-0.39, 0.29) is 49.1 Å². The topological polar surface area (TPSA) is 102 Å². The lowest BCUT2D eigenvalue weighted by molar-refractivity contribution is -0.889. The highest BCUT2D eigenvalue weighted by Crippen LogP contribution is 2.12. The summed E-state index contributed by atoms with van der Waals surface area (Å²) in [6.07, 6.45) is 47.6. The van der Waals surface area contributed by atoms with E-state index in [2.05, 4.69) is 98.9 Å². The molecular formula is C47H77NO7. The fourth-order valence-corrected chi connectivity index (χ4v) is 5.55. The van der Waals surface area contributed by atoms with E-state index in [0.29, 0.717) is 12.8 Å². The number of likely N-dealkylation sites (N-methyl/N-ethyl adjacent to an activating group) is 1. The van der Waals surface area contributed by atoms with Gasteiger partial charge in [-0.25, -0.2) is 0 Å². The van der Waals surface area contributed by atoms with Gasteiger partial charge in [0.05, 0.1) is 40.3 Å². The summed E-state index contributed by atoms with van der Waals surface area (Å²) in [5, 5.41) is 11.6. The Bertz CT molecular complexity index is 1170. The number of hydrogen-bond donors (Lipinski definition) is 0. The molecule has 55 heavy (non-hydrogen) atoms. The van der Waals surface area contributed by atoms with Gasteiger partial charge in [-0.1, -0.05) is 131 Å². The van der Waals surface area contributed by atoms with Crippen molar-refractivity contribution in [1.82, 2.24) is 0 Å². The van der Waals surface area contributed by atoms with Gasteiger partial charge in [0, 0.05) is 19.3 Å². The lowest BCUT2D eigenvalue weighted by atomic mass is 10.1. The molecule has 0 aliphatic rings. The van der Waals surface area contributed by atoms with Gasteiger partial charge in [-0.2, -0.15) is 0 Å². The van der Waals surface area contributed by atoms with E-state index >= 15 is 0 Å². The highest BCUT2D eigenvalue weighted by molar-refractivity contribution is 5.70. The maximum Gasteiger partial charge on any atom is 0.306 e. The molecule has 8 heteroatoms. The number of aliphatic carboxylic acids is 1. The lowest BCUT2D eigenvalue weighted by Gasteiger charge is -2.34. The summed E-state index contributed by atoms with van der Waals surface area (Å²) in [4.78, 5) is 36.8. The number of carbonyl (C=O) groups is 3. The Balaban J connectivity index is 4.50. The van der Waals surface area contributed by atoms with E-state index in [1.165, 1.54) is 25.7 Å². The maximum atomic E-state index is 12.7. The minimum absolute atomic E-state index is 0.0103. The maximum absolute atomic E-state index is 12.7. The van der Waals surface area contributed by atoms with Crippen molar-refractivity contribution in [2.75, 3.05) is 41.0 Å². The standard InChI is InChI=1S/C47H77NO7/c1-6-8-10-12-14-16-18-20-22-23-24-26-28-30-32-34-36-38-46(50)55-43(41-53-40-39-44(47(51)52)48(3,4)5)42-54-45(49)37-35-33-31-29-27-25-21-19-17-15-13-11-9-7-2/h8-11,14-17,20,22,24,26,30,32,43-44H,6-7,12-13,18-19,21,23,25,27-29,31,33-42H2,1-5H3/b10-8+,11-9+,16-14+,17-15+,22-20+,26-24+,32-30+. The number of hydrogen-bond acceptors (Lipinski definition) is 7. The fraction of sp³-hybridized carbons (Fsp3) is 0.638. The van der Waals surface area contributed by atoms with E-state index in [1.54, 1.807) is 21.1 Å². The molecule has 0 fully saturated rings. The van der Waals surface area contributed by atoms with Crippen LogP contribution < -0.4 is 5.11 Å². The molecule has 0 N–H and O–H groups in total. The molecule has 0 aliphatic heterocycles. The van der Waals surface area contributed by atoms with Gasteiger partial charge in [0.25, 0.3) is 0 Å². The summed E-state index contributed by atoms with van der Waals surface area (Å²) >= 11 is 0. The highest BCUT2D eigenvalue weighted by Gasteiger charge is 2.25. The number of allylic oxidation sites excluding steroid dienone is 14. The van der Waals surface area contributed by atoms with E-state index in [4.69, 9.17) is 14.2 Å². The summed E-state index contributed by atoms with van der Waals surface area (Å²) in [6, 6.07) is -0.741. The molecule has 0 saturated heterocycles. The monoisotopic (exact) mass is 768 g/mol. The molecule has 0 aliphatic carbocycles. The van der Waals surface area contributed by atoms with E-state index in [9.17, 15) is 19.5 Å². The zero-order chi connectivity index (χ0) is 40.7. The van der Waals surface area contributed by atoms with Gasteiger partial charge in [0.1, 0.15) is 12.6 Å². The third-order valence-corrected chi connectivity index (χ3v) is 8.78. The van der Waals surface area contributed by atoms with Crippen molar-refractivity contribution in [2.45, 2.75) is 154 Å². The Morgan fingerprint density at radius 3 is 1.47 bits per heavy atom. The predicted octanol–water partition coefficient (Wildman–Crippen LogP) is 10.0. The molecule has 0 aromatic rings. The number of quaternary nitrogens is 1. The van der Waals surface area contributed by atoms with Crippen LogP contribution in [0.1, 0.15) is 142 Å². The third-order valence-electron chi connectivity index (χ3n) is 8.78. The van der Waals surface area contributed by atoms with Crippen LogP contribution in [0.25, 0.3) is 0 Å². The SMILES string of the molecule is CC/C=C/C/C=C/C/C=C/C/C=C/C/C=C/CCCC(=O)OC(COCCC(C(=O)[O-])[N+](C)(C)C)COC(=O)CCCCCCCCC/C=C/C/C=C/CC. The van der Waals surface area contributed by atoms with Crippen LogP contribution in [0.4, 0.5) is 0 Å². The van der Waals surface area contributed by atoms with Crippen molar-refractivity contribution in [1.29, 1.82) is 0 Å². The summed E-state index contributed by atoms with van der Waals surface area (Å²) < 4.78 is 17.1. The zero-order valence-electron chi connectivity index (χ0n) is 35.3. The quantitative estimate of drug-likeness (QED) is 0.0271. The summed E-state index contributed by atoms with van der Waals surface area (Å²) in [5.41, 5.74) is 0. The fourth-order valence-electron chi connectivity index (χ4n) is 5.55. The largest absolute Gasteiger partial charge is 0.544 e. The molecule has 312 valence electrons. The summed E-state index contributed by atoms with van der Waals surface area (Å²) in [6.45, 7) is 4.35. The minimum Gasteiger partial charge on any atom is -0.544 e.